The van der Waals surface area contributed by atoms with Crippen molar-refractivity contribution < 1.29 is 0 Å². The van der Waals surface area contributed by atoms with Crippen molar-refractivity contribution in [3.63, 3.8) is 0 Å². The summed E-state index contributed by atoms with van der Waals surface area (Å²) in [5, 5.41) is 3.72. The molecule has 1 saturated carbocycles. The number of nitrogens with one attached hydrogen (secondary N) is 1. The van der Waals surface area contributed by atoms with Gasteiger partial charge in [-0.15, -0.1) is 0 Å². The highest BCUT2D eigenvalue weighted by atomic mass is 15.1. The highest BCUT2D eigenvalue weighted by molar-refractivity contribution is 5.00. The van der Waals surface area contributed by atoms with Gasteiger partial charge in [-0.3, -0.25) is 0 Å². The van der Waals surface area contributed by atoms with Crippen molar-refractivity contribution in [2.24, 2.45) is 11.3 Å². The van der Waals surface area contributed by atoms with E-state index >= 15 is 0 Å². The summed E-state index contributed by atoms with van der Waals surface area (Å²) < 4.78 is 0. The molecule has 2 fully saturated rings. The lowest BCUT2D eigenvalue weighted by atomic mass is 9.60. The molecule has 0 aromatic rings. The highest BCUT2D eigenvalue weighted by Crippen LogP contribution is 2.49. The van der Waals surface area contributed by atoms with Gasteiger partial charge >= 0.3 is 0 Å². The van der Waals surface area contributed by atoms with Crippen LogP contribution in [0.3, 0.4) is 0 Å². The van der Waals surface area contributed by atoms with Crippen molar-refractivity contribution in [1.29, 1.82) is 0 Å². The minimum Gasteiger partial charge on any atom is -0.314 e. The molecule has 1 heterocycles. The Labute approximate surface area is 114 Å². The molecule has 18 heavy (non-hydrogen) atoms. The first-order valence-electron chi connectivity index (χ1n) is 8.09. The summed E-state index contributed by atoms with van der Waals surface area (Å²) in [6.07, 6.45) is 8.45. The van der Waals surface area contributed by atoms with E-state index in [1.165, 1.54) is 64.7 Å². The lowest BCUT2D eigenvalue weighted by Gasteiger charge is -2.52. The third-order valence-electron chi connectivity index (χ3n) is 4.86. The van der Waals surface area contributed by atoms with Crippen LogP contribution in [0.2, 0.25) is 0 Å². The van der Waals surface area contributed by atoms with Crippen LogP contribution in [0.5, 0.6) is 0 Å². The van der Waals surface area contributed by atoms with Crippen LogP contribution in [0, 0.1) is 11.3 Å². The normalized spacial score (nSPS) is 24.7. The van der Waals surface area contributed by atoms with Crippen molar-refractivity contribution in [3.05, 3.63) is 0 Å². The second-order valence-electron chi connectivity index (χ2n) is 7.11. The molecule has 0 aromatic carbocycles. The van der Waals surface area contributed by atoms with Gasteiger partial charge in [0.05, 0.1) is 0 Å². The zero-order chi connectivity index (χ0) is 13.0. The smallest absolute Gasteiger partial charge is 0.00776 e. The second-order valence-corrected chi connectivity index (χ2v) is 7.11. The predicted octanol–water partition coefficient (Wildman–Crippen LogP) is 3.28. The summed E-state index contributed by atoms with van der Waals surface area (Å²) in [4.78, 5) is 2.67. The van der Waals surface area contributed by atoms with Gasteiger partial charge in [0.2, 0.25) is 0 Å². The summed E-state index contributed by atoms with van der Waals surface area (Å²) in [6, 6.07) is 0.841. The monoisotopic (exact) mass is 252 g/mol. The van der Waals surface area contributed by atoms with Crippen molar-refractivity contribution in [2.45, 2.75) is 65.3 Å². The average Bonchev–Trinajstić information content (AvgIpc) is 2.29. The van der Waals surface area contributed by atoms with E-state index in [2.05, 4.69) is 31.0 Å². The summed E-state index contributed by atoms with van der Waals surface area (Å²) in [5.74, 6) is 0.823. The minimum atomic E-state index is 0.733. The van der Waals surface area contributed by atoms with E-state index in [0.717, 1.165) is 17.4 Å². The van der Waals surface area contributed by atoms with Crippen LogP contribution in [-0.4, -0.2) is 37.1 Å². The van der Waals surface area contributed by atoms with Crippen molar-refractivity contribution >= 4 is 0 Å². The molecule has 1 aliphatic carbocycles. The Hall–Kier alpha value is -0.0800. The van der Waals surface area contributed by atoms with E-state index in [9.17, 15) is 0 Å². The van der Waals surface area contributed by atoms with Gasteiger partial charge in [0, 0.05) is 12.6 Å². The van der Waals surface area contributed by atoms with Gasteiger partial charge in [0.15, 0.2) is 0 Å². The van der Waals surface area contributed by atoms with Gasteiger partial charge in [0.25, 0.3) is 0 Å². The zero-order valence-corrected chi connectivity index (χ0v) is 12.7. The fourth-order valence-corrected chi connectivity index (χ4v) is 3.75. The van der Waals surface area contributed by atoms with Crippen molar-refractivity contribution in [3.8, 4) is 0 Å². The molecule has 0 bridgehead atoms. The molecule has 1 aliphatic heterocycles. The number of rotatable bonds is 6. The molecule has 2 rings (SSSR count). The fraction of sp³-hybridized carbons (Fsp3) is 1.00. The third-order valence-corrected chi connectivity index (χ3v) is 4.86. The lowest BCUT2D eigenvalue weighted by Crippen LogP contribution is -2.54. The van der Waals surface area contributed by atoms with Crippen LogP contribution in [0.1, 0.15) is 59.3 Å². The van der Waals surface area contributed by atoms with Gasteiger partial charge < -0.3 is 10.2 Å². The molecule has 0 aromatic heterocycles. The average molecular weight is 252 g/mol. The van der Waals surface area contributed by atoms with Gasteiger partial charge in [-0.25, -0.2) is 0 Å². The number of hydrogen-bond acceptors (Lipinski definition) is 2. The standard InChI is InChI=1S/C16H32N2/c1-4-5-8-17-15-11-16(12-15)6-9-18(10-7-16)13-14(2)3/h14-15,17H,4-13H2,1-3H3. The number of likely N-dealkylation sites (tertiary alicyclic amines) is 1. The molecule has 1 saturated heterocycles. The van der Waals surface area contributed by atoms with Gasteiger partial charge in [-0.2, -0.15) is 0 Å². The molecule has 0 amide bonds. The molecule has 2 aliphatic rings. The second kappa shape index (κ2) is 6.38. The van der Waals surface area contributed by atoms with Crippen LogP contribution in [0.25, 0.3) is 0 Å². The minimum absolute atomic E-state index is 0.733. The van der Waals surface area contributed by atoms with E-state index in [1.807, 2.05) is 0 Å². The van der Waals surface area contributed by atoms with Crippen molar-refractivity contribution in [1.82, 2.24) is 10.2 Å². The molecule has 2 heteroatoms. The largest absolute Gasteiger partial charge is 0.314 e. The topological polar surface area (TPSA) is 15.3 Å². The van der Waals surface area contributed by atoms with Crippen LogP contribution >= 0.6 is 0 Å². The molecular weight excluding hydrogens is 220 g/mol. The van der Waals surface area contributed by atoms with Gasteiger partial charge in [-0.1, -0.05) is 27.2 Å². The Morgan fingerprint density at radius 1 is 1.22 bits per heavy atom. The molecule has 0 unspecified atom stereocenters. The molecule has 1 N–H and O–H groups in total. The Morgan fingerprint density at radius 3 is 2.44 bits per heavy atom. The molecule has 0 radical (unpaired) electrons. The summed E-state index contributed by atoms with van der Waals surface area (Å²) >= 11 is 0. The maximum absolute atomic E-state index is 3.72. The van der Waals surface area contributed by atoms with Crippen LogP contribution < -0.4 is 5.32 Å². The predicted molar refractivity (Wildman–Crippen MR) is 78.9 cm³/mol. The Morgan fingerprint density at radius 2 is 1.89 bits per heavy atom. The molecule has 0 atom stereocenters. The van der Waals surface area contributed by atoms with Crippen molar-refractivity contribution in [2.75, 3.05) is 26.2 Å². The molecule has 106 valence electrons. The highest BCUT2D eigenvalue weighted by Gasteiger charge is 2.45. The summed E-state index contributed by atoms with van der Waals surface area (Å²) in [5.41, 5.74) is 0.733. The first-order chi connectivity index (χ1) is 8.63. The molecule has 1 spiro atoms. The quantitative estimate of drug-likeness (QED) is 0.730. The van der Waals surface area contributed by atoms with Crippen LogP contribution in [0.15, 0.2) is 0 Å². The summed E-state index contributed by atoms with van der Waals surface area (Å²) in [6.45, 7) is 12.2. The zero-order valence-electron chi connectivity index (χ0n) is 12.7. The van der Waals surface area contributed by atoms with Crippen LogP contribution in [0.4, 0.5) is 0 Å². The lowest BCUT2D eigenvalue weighted by molar-refractivity contribution is 0.00331. The number of hydrogen-bond donors (Lipinski definition) is 1. The van der Waals surface area contributed by atoms with Crippen LogP contribution in [-0.2, 0) is 0 Å². The maximum Gasteiger partial charge on any atom is 0.00776 e. The first-order valence-corrected chi connectivity index (χ1v) is 8.09. The Balaban J connectivity index is 1.62. The fourth-order valence-electron chi connectivity index (χ4n) is 3.75. The first kappa shape index (κ1) is 14.3. The molecular formula is C16H32N2. The Bertz CT molecular complexity index is 233. The van der Waals surface area contributed by atoms with Gasteiger partial charge in [-0.05, 0) is 63.1 Å². The SMILES string of the molecule is CCCCNC1CC2(CCN(CC(C)C)CC2)C1. The van der Waals surface area contributed by atoms with E-state index in [4.69, 9.17) is 0 Å². The van der Waals surface area contributed by atoms with E-state index < -0.39 is 0 Å². The third kappa shape index (κ3) is 3.71. The van der Waals surface area contributed by atoms with Gasteiger partial charge in [0.1, 0.15) is 0 Å². The Kier molecular flexibility index (Phi) is 5.08. The van der Waals surface area contributed by atoms with E-state index in [-0.39, 0.29) is 0 Å². The van der Waals surface area contributed by atoms with E-state index in [1.54, 1.807) is 0 Å². The van der Waals surface area contributed by atoms with E-state index in [0.29, 0.717) is 0 Å². The maximum atomic E-state index is 3.72. The summed E-state index contributed by atoms with van der Waals surface area (Å²) in [7, 11) is 0. The number of nitrogens with zero attached hydrogens (tertiary/aromatic N) is 1. The number of unbranched alkanes of at least 4 members (excludes halogenated alkanes) is 1. The molecule has 2 nitrogen and oxygen atoms in total. The number of piperidine rings is 1.